The van der Waals surface area contributed by atoms with Crippen molar-refractivity contribution in [2.24, 2.45) is 5.92 Å². The lowest BCUT2D eigenvalue weighted by Crippen LogP contribution is -2.33. The van der Waals surface area contributed by atoms with Crippen LogP contribution in [-0.4, -0.2) is 12.6 Å². The molecule has 1 aromatic carbocycles. The molecular weight excluding hydrogens is 246 g/mol. The minimum absolute atomic E-state index is 0.453. The second-order valence-electron chi connectivity index (χ2n) is 6.35. The van der Waals surface area contributed by atoms with Crippen molar-refractivity contribution in [3.8, 4) is 5.75 Å². The Morgan fingerprint density at radius 2 is 1.95 bits per heavy atom. The molecule has 2 nitrogen and oxygen atoms in total. The number of allylic oxidation sites excluding steroid dienone is 1. The number of fused-ring (bicyclic) bond motifs is 1. The van der Waals surface area contributed by atoms with Crippen molar-refractivity contribution in [2.75, 3.05) is 11.5 Å². The van der Waals surface area contributed by atoms with Crippen molar-refractivity contribution in [1.29, 1.82) is 0 Å². The van der Waals surface area contributed by atoms with Gasteiger partial charge in [-0.15, -0.1) is 0 Å². The average molecular weight is 273 g/mol. The van der Waals surface area contributed by atoms with Crippen molar-refractivity contribution in [2.45, 2.75) is 53.0 Å². The standard InChI is InChI=1S/C18H27NO/c1-13(2)10-11-20-17-8-9-18-16(12-17)7-6-15(5)19(18)14(3)4/h8-9,12-14H,5-7,10-11H2,1-4H3. The summed E-state index contributed by atoms with van der Waals surface area (Å²) in [6, 6.07) is 6.93. The molecule has 20 heavy (non-hydrogen) atoms. The summed E-state index contributed by atoms with van der Waals surface area (Å²) >= 11 is 0. The summed E-state index contributed by atoms with van der Waals surface area (Å²) in [5, 5.41) is 0. The Bertz CT molecular complexity index is 476. The predicted octanol–water partition coefficient (Wildman–Crippen LogP) is 4.79. The van der Waals surface area contributed by atoms with Gasteiger partial charge >= 0.3 is 0 Å². The molecule has 0 saturated carbocycles. The van der Waals surface area contributed by atoms with E-state index in [4.69, 9.17) is 4.74 Å². The normalized spacial score (nSPS) is 14.9. The van der Waals surface area contributed by atoms with Crippen LogP contribution in [0.2, 0.25) is 0 Å². The van der Waals surface area contributed by atoms with E-state index in [1.54, 1.807) is 0 Å². The predicted molar refractivity (Wildman–Crippen MR) is 86.5 cm³/mol. The molecule has 0 N–H and O–H groups in total. The molecule has 110 valence electrons. The summed E-state index contributed by atoms with van der Waals surface area (Å²) in [7, 11) is 0. The van der Waals surface area contributed by atoms with E-state index in [2.05, 4.69) is 57.4 Å². The van der Waals surface area contributed by atoms with Crippen molar-refractivity contribution in [1.82, 2.24) is 0 Å². The van der Waals surface area contributed by atoms with Gasteiger partial charge in [0.25, 0.3) is 0 Å². The van der Waals surface area contributed by atoms with Gasteiger partial charge in [-0.05, 0) is 62.8 Å². The molecule has 0 unspecified atom stereocenters. The summed E-state index contributed by atoms with van der Waals surface area (Å²) in [5.74, 6) is 1.69. The highest BCUT2D eigenvalue weighted by atomic mass is 16.5. The fourth-order valence-corrected chi connectivity index (χ4v) is 2.71. The third-order valence-electron chi connectivity index (χ3n) is 3.81. The quantitative estimate of drug-likeness (QED) is 0.765. The van der Waals surface area contributed by atoms with Crippen LogP contribution in [0.1, 0.15) is 46.1 Å². The molecule has 0 bridgehead atoms. The van der Waals surface area contributed by atoms with Gasteiger partial charge in [0.15, 0.2) is 0 Å². The Hall–Kier alpha value is -1.44. The summed E-state index contributed by atoms with van der Waals surface area (Å²) in [6.07, 6.45) is 3.21. The van der Waals surface area contributed by atoms with Crippen molar-refractivity contribution in [3.63, 3.8) is 0 Å². The van der Waals surface area contributed by atoms with E-state index in [0.717, 1.165) is 31.6 Å². The molecule has 0 radical (unpaired) electrons. The number of hydrogen-bond acceptors (Lipinski definition) is 2. The highest BCUT2D eigenvalue weighted by Crippen LogP contribution is 2.35. The average Bonchev–Trinajstić information content (AvgIpc) is 2.37. The summed E-state index contributed by atoms with van der Waals surface area (Å²) < 4.78 is 5.86. The number of hydrogen-bond donors (Lipinski definition) is 0. The Labute approximate surface area is 123 Å². The highest BCUT2D eigenvalue weighted by Gasteiger charge is 2.22. The Kier molecular flexibility index (Phi) is 4.74. The van der Waals surface area contributed by atoms with Gasteiger partial charge in [0.2, 0.25) is 0 Å². The molecule has 2 heteroatoms. The molecule has 1 heterocycles. The van der Waals surface area contributed by atoms with Gasteiger partial charge in [-0.2, -0.15) is 0 Å². The van der Waals surface area contributed by atoms with Gasteiger partial charge in [-0.1, -0.05) is 20.4 Å². The molecule has 2 rings (SSSR count). The van der Waals surface area contributed by atoms with Crippen LogP contribution in [-0.2, 0) is 6.42 Å². The van der Waals surface area contributed by atoms with Gasteiger partial charge in [-0.25, -0.2) is 0 Å². The first-order valence-corrected chi connectivity index (χ1v) is 7.71. The van der Waals surface area contributed by atoms with Crippen LogP contribution in [0, 0.1) is 5.92 Å². The first-order chi connectivity index (χ1) is 9.49. The molecule has 1 aromatic rings. The Morgan fingerprint density at radius 1 is 1.20 bits per heavy atom. The lowest BCUT2D eigenvalue weighted by molar-refractivity contribution is 0.289. The maximum absolute atomic E-state index is 5.86. The fraction of sp³-hybridized carbons (Fsp3) is 0.556. The van der Waals surface area contributed by atoms with Crippen LogP contribution in [0.15, 0.2) is 30.5 Å². The maximum atomic E-state index is 5.86. The number of benzene rings is 1. The van der Waals surface area contributed by atoms with E-state index in [0.29, 0.717) is 12.0 Å². The lowest BCUT2D eigenvalue weighted by Gasteiger charge is -2.36. The van der Waals surface area contributed by atoms with E-state index in [1.807, 2.05) is 0 Å². The van der Waals surface area contributed by atoms with Gasteiger partial charge in [-0.3, -0.25) is 0 Å². The second-order valence-corrected chi connectivity index (χ2v) is 6.35. The van der Waals surface area contributed by atoms with Crippen LogP contribution >= 0.6 is 0 Å². The van der Waals surface area contributed by atoms with Crippen LogP contribution < -0.4 is 9.64 Å². The molecule has 0 aromatic heterocycles. The van der Waals surface area contributed by atoms with Gasteiger partial charge in [0.1, 0.15) is 5.75 Å². The van der Waals surface area contributed by atoms with E-state index in [-0.39, 0.29) is 0 Å². The minimum atomic E-state index is 0.453. The molecule has 0 saturated heterocycles. The summed E-state index contributed by atoms with van der Waals surface area (Å²) in [6.45, 7) is 13.9. The zero-order valence-corrected chi connectivity index (χ0v) is 13.3. The minimum Gasteiger partial charge on any atom is -0.494 e. The molecular formula is C18H27NO. The van der Waals surface area contributed by atoms with Crippen LogP contribution in [0.3, 0.4) is 0 Å². The number of aryl methyl sites for hydroxylation is 1. The van der Waals surface area contributed by atoms with Gasteiger partial charge in [0, 0.05) is 17.4 Å². The first kappa shape index (κ1) is 15.0. The van der Waals surface area contributed by atoms with Gasteiger partial charge in [0.05, 0.1) is 6.61 Å². The van der Waals surface area contributed by atoms with Gasteiger partial charge < -0.3 is 9.64 Å². The molecule has 0 aliphatic carbocycles. The van der Waals surface area contributed by atoms with E-state index in [9.17, 15) is 0 Å². The highest BCUT2D eigenvalue weighted by molar-refractivity contribution is 5.62. The van der Waals surface area contributed by atoms with Crippen molar-refractivity contribution >= 4 is 5.69 Å². The topological polar surface area (TPSA) is 12.5 Å². The zero-order valence-electron chi connectivity index (χ0n) is 13.3. The van der Waals surface area contributed by atoms with Crippen LogP contribution in [0.5, 0.6) is 5.75 Å². The number of ether oxygens (including phenoxy) is 1. The third-order valence-corrected chi connectivity index (χ3v) is 3.81. The van der Waals surface area contributed by atoms with E-state index in [1.165, 1.54) is 16.9 Å². The summed E-state index contributed by atoms with van der Waals surface area (Å²) in [5.41, 5.74) is 3.90. The second kappa shape index (κ2) is 6.34. The molecule has 0 amide bonds. The molecule has 0 spiro atoms. The lowest BCUT2D eigenvalue weighted by atomic mass is 9.98. The van der Waals surface area contributed by atoms with E-state index >= 15 is 0 Å². The number of anilines is 1. The molecule has 0 atom stereocenters. The SMILES string of the molecule is C=C1CCc2cc(OCCC(C)C)ccc2N1C(C)C. The van der Waals surface area contributed by atoms with Crippen molar-refractivity contribution in [3.05, 3.63) is 36.0 Å². The Balaban J connectivity index is 2.13. The first-order valence-electron chi connectivity index (χ1n) is 7.71. The van der Waals surface area contributed by atoms with E-state index < -0.39 is 0 Å². The van der Waals surface area contributed by atoms with Crippen LogP contribution in [0.4, 0.5) is 5.69 Å². The van der Waals surface area contributed by atoms with Crippen LogP contribution in [0.25, 0.3) is 0 Å². The number of nitrogens with zero attached hydrogens (tertiary/aromatic N) is 1. The molecule has 1 aliphatic rings. The van der Waals surface area contributed by atoms with Crippen molar-refractivity contribution < 1.29 is 4.74 Å². The largest absolute Gasteiger partial charge is 0.494 e. The summed E-state index contributed by atoms with van der Waals surface area (Å²) in [4.78, 5) is 2.34. The smallest absolute Gasteiger partial charge is 0.119 e. The molecule has 0 fully saturated rings. The monoisotopic (exact) mass is 273 g/mol. The maximum Gasteiger partial charge on any atom is 0.119 e. The fourth-order valence-electron chi connectivity index (χ4n) is 2.71. The molecule has 1 aliphatic heterocycles. The zero-order chi connectivity index (χ0) is 14.7. The number of rotatable bonds is 5. The third kappa shape index (κ3) is 3.36. The Morgan fingerprint density at radius 3 is 2.60 bits per heavy atom.